The Morgan fingerprint density at radius 2 is 2.25 bits per heavy atom. The predicted octanol–water partition coefficient (Wildman–Crippen LogP) is 2.25. The molecule has 0 bridgehead atoms. The van der Waals surface area contributed by atoms with E-state index in [2.05, 4.69) is 21.4 Å². The van der Waals surface area contributed by atoms with Crippen molar-refractivity contribution in [3.63, 3.8) is 0 Å². The highest BCUT2D eigenvalue weighted by Crippen LogP contribution is 2.42. The topological polar surface area (TPSA) is 61.6 Å². The van der Waals surface area contributed by atoms with Crippen LogP contribution in [0.1, 0.15) is 18.5 Å². The number of nitrogens with zero attached hydrogens (tertiary/aromatic N) is 3. The van der Waals surface area contributed by atoms with Crippen LogP contribution >= 0.6 is 23.4 Å². The van der Waals surface area contributed by atoms with Crippen molar-refractivity contribution in [3.8, 4) is 6.07 Å². The molecule has 1 aromatic rings. The third-order valence-electron chi connectivity index (χ3n) is 2.82. The molecule has 1 saturated carbocycles. The van der Waals surface area contributed by atoms with Gasteiger partial charge in [-0.05, 0) is 24.4 Å². The van der Waals surface area contributed by atoms with Gasteiger partial charge in [0.25, 0.3) is 0 Å². The molecule has 1 N–H and O–H groups in total. The molecule has 0 unspecified atom stereocenters. The average molecular weight is 253 g/mol. The van der Waals surface area contributed by atoms with Crippen molar-refractivity contribution in [1.29, 1.82) is 5.26 Å². The molecule has 0 atom stereocenters. The number of hydrogen-bond acceptors (Lipinski definition) is 5. The summed E-state index contributed by atoms with van der Waals surface area (Å²) >= 11 is 7.59. The van der Waals surface area contributed by atoms with Crippen molar-refractivity contribution in [3.05, 3.63) is 11.0 Å². The van der Waals surface area contributed by atoms with Gasteiger partial charge in [0.1, 0.15) is 11.4 Å². The van der Waals surface area contributed by atoms with E-state index in [0.717, 1.165) is 41.4 Å². The quantitative estimate of drug-likeness (QED) is 0.818. The molecule has 4 nitrogen and oxygen atoms in total. The van der Waals surface area contributed by atoms with E-state index >= 15 is 0 Å². The molecular weight excluding hydrogens is 244 g/mol. The maximum atomic E-state index is 9.04. The second-order valence-corrected chi connectivity index (χ2v) is 5.48. The zero-order chi connectivity index (χ0) is 11.2. The van der Waals surface area contributed by atoms with Crippen molar-refractivity contribution >= 4 is 29.2 Å². The number of rotatable bonds is 2. The number of thioether (sulfide) groups is 1. The number of nitrogens with one attached hydrogen (secondary N) is 1. The summed E-state index contributed by atoms with van der Waals surface area (Å²) in [5.41, 5.74) is 0.593. The van der Waals surface area contributed by atoms with E-state index in [0.29, 0.717) is 0 Å². The summed E-state index contributed by atoms with van der Waals surface area (Å²) in [5, 5.41) is 12.5. The van der Waals surface area contributed by atoms with Gasteiger partial charge in [0.15, 0.2) is 0 Å². The molecule has 1 fully saturated rings. The van der Waals surface area contributed by atoms with Crippen LogP contribution in [-0.2, 0) is 6.42 Å². The van der Waals surface area contributed by atoms with Gasteiger partial charge in [-0.3, -0.25) is 0 Å². The zero-order valence-corrected chi connectivity index (χ0v) is 10.0. The minimum atomic E-state index is -0.408. The average Bonchev–Trinajstić information content (AvgIpc) is 2.87. The number of aromatic nitrogens is 2. The van der Waals surface area contributed by atoms with Crippen LogP contribution in [0.3, 0.4) is 0 Å². The van der Waals surface area contributed by atoms with E-state index in [1.165, 1.54) is 0 Å². The SMILES string of the molecule is N#CC1(Nc2nc(Cl)nc3c2SCC3)CC1. The molecule has 16 heavy (non-hydrogen) atoms. The van der Waals surface area contributed by atoms with Gasteiger partial charge < -0.3 is 5.32 Å². The largest absolute Gasteiger partial charge is 0.351 e. The lowest BCUT2D eigenvalue weighted by atomic mass is 10.3. The molecule has 82 valence electrons. The summed E-state index contributed by atoms with van der Waals surface area (Å²) in [5.74, 6) is 1.75. The van der Waals surface area contributed by atoms with Crippen molar-refractivity contribution in [2.75, 3.05) is 11.1 Å². The van der Waals surface area contributed by atoms with Crippen molar-refractivity contribution in [1.82, 2.24) is 9.97 Å². The summed E-state index contributed by atoms with van der Waals surface area (Å²) in [6.07, 6.45) is 2.69. The van der Waals surface area contributed by atoms with Gasteiger partial charge in [0.05, 0.1) is 16.7 Å². The molecule has 2 aliphatic rings. The Kier molecular flexibility index (Phi) is 2.23. The number of nitriles is 1. The summed E-state index contributed by atoms with van der Waals surface area (Å²) < 4.78 is 0. The molecule has 1 aromatic heterocycles. The van der Waals surface area contributed by atoms with E-state index in [-0.39, 0.29) is 5.28 Å². The lowest BCUT2D eigenvalue weighted by Gasteiger charge is -2.12. The van der Waals surface area contributed by atoms with Crippen LogP contribution < -0.4 is 5.32 Å². The second-order valence-electron chi connectivity index (χ2n) is 4.03. The summed E-state index contributed by atoms with van der Waals surface area (Å²) in [6.45, 7) is 0. The van der Waals surface area contributed by atoms with Crippen molar-refractivity contribution < 1.29 is 0 Å². The Morgan fingerprint density at radius 1 is 1.44 bits per heavy atom. The van der Waals surface area contributed by atoms with Gasteiger partial charge >= 0.3 is 0 Å². The number of hydrogen-bond donors (Lipinski definition) is 1. The number of aryl methyl sites for hydroxylation is 1. The smallest absolute Gasteiger partial charge is 0.224 e. The van der Waals surface area contributed by atoms with Crippen LogP contribution in [0.4, 0.5) is 5.82 Å². The molecule has 0 radical (unpaired) electrons. The van der Waals surface area contributed by atoms with Crippen LogP contribution in [0.2, 0.25) is 5.28 Å². The Hall–Kier alpha value is -0.990. The number of halogens is 1. The van der Waals surface area contributed by atoms with E-state index in [4.69, 9.17) is 16.9 Å². The fourth-order valence-electron chi connectivity index (χ4n) is 1.74. The molecular formula is C10H9ClN4S. The fraction of sp³-hybridized carbons (Fsp3) is 0.500. The first-order valence-corrected chi connectivity index (χ1v) is 6.47. The lowest BCUT2D eigenvalue weighted by molar-refractivity contribution is 0.897. The fourth-order valence-corrected chi connectivity index (χ4v) is 2.97. The van der Waals surface area contributed by atoms with E-state index in [9.17, 15) is 0 Å². The Bertz CT molecular complexity index is 492. The van der Waals surface area contributed by atoms with Gasteiger partial charge in [0.2, 0.25) is 5.28 Å². The van der Waals surface area contributed by atoms with E-state index in [1.807, 2.05) is 0 Å². The highest BCUT2D eigenvalue weighted by molar-refractivity contribution is 7.99. The number of fused-ring (bicyclic) bond motifs is 1. The van der Waals surface area contributed by atoms with Crippen molar-refractivity contribution in [2.45, 2.75) is 29.7 Å². The molecule has 0 amide bonds. The lowest BCUT2D eigenvalue weighted by Crippen LogP contribution is -2.20. The third-order valence-corrected chi connectivity index (χ3v) is 4.11. The third kappa shape index (κ3) is 1.62. The maximum Gasteiger partial charge on any atom is 0.224 e. The Labute approximate surface area is 102 Å². The maximum absolute atomic E-state index is 9.04. The van der Waals surface area contributed by atoms with Crippen LogP contribution in [0, 0.1) is 11.3 Å². The first kappa shape index (κ1) is 10.2. The Balaban J connectivity index is 1.98. The highest BCUT2D eigenvalue weighted by Gasteiger charge is 2.44. The predicted molar refractivity (Wildman–Crippen MR) is 62.7 cm³/mol. The number of anilines is 1. The minimum absolute atomic E-state index is 0.262. The first-order valence-electron chi connectivity index (χ1n) is 5.11. The van der Waals surface area contributed by atoms with Gasteiger partial charge in [0, 0.05) is 12.2 Å². The molecule has 1 aliphatic carbocycles. The molecule has 0 saturated heterocycles. The summed E-state index contributed by atoms with van der Waals surface area (Å²) in [4.78, 5) is 9.45. The molecule has 2 heterocycles. The second kappa shape index (κ2) is 3.51. The Morgan fingerprint density at radius 3 is 2.94 bits per heavy atom. The standard InChI is InChI=1S/C10H9ClN4S/c11-9-13-6-1-4-16-7(6)8(14-9)15-10(5-12)2-3-10/h1-4H2,(H,13,14,15). The highest BCUT2D eigenvalue weighted by atomic mass is 35.5. The van der Waals surface area contributed by atoms with E-state index < -0.39 is 5.54 Å². The first-order chi connectivity index (χ1) is 7.72. The van der Waals surface area contributed by atoms with Gasteiger partial charge in [-0.2, -0.15) is 10.2 Å². The molecule has 0 spiro atoms. The van der Waals surface area contributed by atoms with Crippen LogP contribution in [0.25, 0.3) is 0 Å². The molecule has 6 heteroatoms. The summed E-state index contributed by atoms with van der Waals surface area (Å²) in [7, 11) is 0. The van der Waals surface area contributed by atoms with Crippen LogP contribution in [0.15, 0.2) is 4.90 Å². The zero-order valence-electron chi connectivity index (χ0n) is 8.46. The normalized spacial score (nSPS) is 20.0. The van der Waals surface area contributed by atoms with Gasteiger partial charge in [-0.25, -0.2) is 4.98 Å². The summed E-state index contributed by atoms with van der Waals surface area (Å²) in [6, 6.07) is 2.29. The van der Waals surface area contributed by atoms with E-state index in [1.54, 1.807) is 11.8 Å². The molecule has 1 aliphatic heterocycles. The monoisotopic (exact) mass is 252 g/mol. The van der Waals surface area contributed by atoms with Crippen LogP contribution in [-0.4, -0.2) is 21.3 Å². The molecule has 0 aromatic carbocycles. The van der Waals surface area contributed by atoms with Gasteiger partial charge in [-0.1, -0.05) is 0 Å². The van der Waals surface area contributed by atoms with Crippen molar-refractivity contribution in [2.24, 2.45) is 0 Å². The minimum Gasteiger partial charge on any atom is -0.351 e. The van der Waals surface area contributed by atoms with Gasteiger partial charge in [-0.15, -0.1) is 11.8 Å². The molecule has 3 rings (SSSR count). The van der Waals surface area contributed by atoms with Crippen LogP contribution in [0.5, 0.6) is 0 Å².